The zero-order valence-corrected chi connectivity index (χ0v) is 12.2. The summed E-state index contributed by atoms with van der Waals surface area (Å²) in [6, 6.07) is 15.8. The van der Waals surface area contributed by atoms with Gasteiger partial charge in [0.2, 0.25) is 0 Å². The van der Waals surface area contributed by atoms with Crippen LogP contribution in [0.3, 0.4) is 0 Å². The lowest BCUT2D eigenvalue weighted by Crippen LogP contribution is -2.27. The highest BCUT2D eigenvalue weighted by molar-refractivity contribution is 5.98. The van der Waals surface area contributed by atoms with Crippen LogP contribution in [0.25, 0.3) is 10.8 Å². The normalized spacial score (nSPS) is 10.8. The molecule has 0 bridgehead atoms. The quantitative estimate of drug-likeness (QED) is 0.739. The smallest absolute Gasteiger partial charge is 0.253 e. The summed E-state index contributed by atoms with van der Waals surface area (Å²) < 4.78 is 1.78. The lowest BCUT2D eigenvalue weighted by molar-refractivity contribution is 0.0782. The summed E-state index contributed by atoms with van der Waals surface area (Å²) in [5.74, 6) is 0.0157. The number of carbonyl (C=O) groups excluding carboxylic acids is 1. The third kappa shape index (κ3) is 2.65. The molecule has 4 nitrogen and oxygen atoms in total. The van der Waals surface area contributed by atoms with Crippen molar-refractivity contribution < 1.29 is 4.79 Å². The van der Waals surface area contributed by atoms with Gasteiger partial charge in [-0.05, 0) is 29.0 Å². The van der Waals surface area contributed by atoms with Crippen molar-refractivity contribution in [2.75, 3.05) is 7.05 Å². The lowest BCUT2D eigenvalue weighted by Gasteiger charge is -2.17. The largest absolute Gasteiger partial charge is 0.336 e. The van der Waals surface area contributed by atoms with Gasteiger partial charge >= 0.3 is 0 Å². The number of nitrogens with zero attached hydrogens (tertiary/aromatic N) is 3. The minimum absolute atomic E-state index is 0.0157. The Labute approximate surface area is 123 Å². The Morgan fingerprint density at radius 3 is 2.62 bits per heavy atom. The fourth-order valence-electron chi connectivity index (χ4n) is 2.41. The van der Waals surface area contributed by atoms with Crippen LogP contribution in [0.2, 0.25) is 0 Å². The number of carbonyl (C=O) groups is 1. The van der Waals surface area contributed by atoms with Crippen molar-refractivity contribution in [3.63, 3.8) is 0 Å². The minimum atomic E-state index is 0.0157. The summed E-state index contributed by atoms with van der Waals surface area (Å²) >= 11 is 0. The summed E-state index contributed by atoms with van der Waals surface area (Å²) in [4.78, 5) is 14.2. The van der Waals surface area contributed by atoms with E-state index in [1.165, 1.54) is 0 Å². The van der Waals surface area contributed by atoms with E-state index >= 15 is 0 Å². The zero-order valence-electron chi connectivity index (χ0n) is 12.2. The van der Waals surface area contributed by atoms with Crippen molar-refractivity contribution in [1.82, 2.24) is 14.7 Å². The minimum Gasteiger partial charge on any atom is -0.336 e. The van der Waals surface area contributed by atoms with Gasteiger partial charge in [0.25, 0.3) is 5.91 Å². The van der Waals surface area contributed by atoms with E-state index in [1.54, 1.807) is 15.8 Å². The van der Waals surface area contributed by atoms with Crippen LogP contribution in [-0.2, 0) is 13.6 Å². The van der Waals surface area contributed by atoms with E-state index in [-0.39, 0.29) is 5.91 Å². The summed E-state index contributed by atoms with van der Waals surface area (Å²) in [5, 5.41) is 6.34. The lowest BCUT2D eigenvalue weighted by atomic mass is 10.1. The number of fused-ring (bicyclic) bond motifs is 1. The van der Waals surface area contributed by atoms with Gasteiger partial charge in [-0.2, -0.15) is 5.10 Å². The third-order valence-corrected chi connectivity index (χ3v) is 3.66. The molecule has 0 saturated carbocycles. The average molecular weight is 279 g/mol. The molecular formula is C17H17N3O. The number of aryl methyl sites for hydroxylation is 1. The number of benzene rings is 2. The average Bonchev–Trinajstić information content (AvgIpc) is 2.91. The maximum atomic E-state index is 12.5. The van der Waals surface area contributed by atoms with Gasteiger partial charge in [-0.15, -0.1) is 0 Å². The molecule has 0 saturated heterocycles. The van der Waals surface area contributed by atoms with Crippen LogP contribution in [0.15, 0.2) is 54.7 Å². The SMILES string of the molecule is CN(Cc1ccnn1C)C(=O)c1ccc2ccccc2c1. The molecule has 3 aromatic rings. The fraction of sp³-hybridized carbons (Fsp3) is 0.176. The van der Waals surface area contributed by atoms with Crippen LogP contribution < -0.4 is 0 Å². The van der Waals surface area contributed by atoms with Gasteiger partial charge in [-0.25, -0.2) is 0 Å². The van der Waals surface area contributed by atoms with Crippen molar-refractivity contribution in [2.24, 2.45) is 7.05 Å². The maximum absolute atomic E-state index is 12.5. The van der Waals surface area contributed by atoms with E-state index in [0.29, 0.717) is 12.1 Å². The molecule has 2 aromatic carbocycles. The third-order valence-electron chi connectivity index (χ3n) is 3.66. The molecule has 1 amide bonds. The van der Waals surface area contributed by atoms with Gasteiger partial charge in [0.15, 0.2) is 0 Å². The Balaban J connectivity index is 1.84. The van der Waals surface area contributed by atoms with Crippen LogP contribution >= 0.6 is 0 Å². The number of hydrogen-bond acceptors (Lipinski definition) is 2. The molecule has 1 heterocycles. The molecule has 4 heteroatoms. The van der Waals surface area contributed by atoms with Crippen molar-refractivity contribution in [2.45, 2.75) is 6.54 Å². The first-order chi connectivity index (χ1) is 10.1. The first-order valence-electron chi connectivity index (χ1n) is 6.86. The van der Waals surface area contributed by atoms with Crippen molar-refractivity contribution in [1.29, 1.82) is 0 Å². The van der Waals surface area contributed by atoms with Gasteiger partial charge in [-0.1, -0.05) is 30.3 Å². The van der Waals surface area contributed by atoms with Crippen LogP contribution in [-0.4, -0.2) is 27.6 Å². The Bertz CT molecular complexity index is 791. The molecule has 21 heavy (non-hydrogen) atoms. The summed E-state index contributed by atoms with van der Waals surface area (Å²) in [6.45, 7) is 0.544. The van der Waals surface area contributed by atoms with Crippen LogP contribution in [0.4, 0.5) is 0 Å². The Morgan fingerprint density at radius 1 is 1.14 bits per heavy atom. The molecule has 106 valence electrons. The van der Waals surface area contributed by atoms with Gasteiger partial charge in [-0.3, -0.25) is 9.48 Å². The number of aromatic nitrogens is 2. The highest BCUT2D eigenvalue weighted by Gasteiger charge is 2.13. The number of hydrogen-bond donors (Lipinski definition) is 0. The fourth-order valence-corrected chi connectivity index (χ4v) is 2.41. The van der Waals surface area contributed by atoms with Crippen molar-refractivity contribution >= 4 is 16.7 Å². The Morgan fingerprint density at radius 2 is 1.90 bits per heavy atom. The highest BCUT2D eigenvalue weighted by atomic mass is 16.2. The van der Waals surface area contributed by atoms with Crippen LogP contribution in [0, 0.1) is 0 Å². The van der Waals surface area contributed by atoms with Crippen LogP contribution in [0.5, 0.6) is 0 Å². The van der Waals surface area contributed by atoms with E-state index in [4.69, 9.17) is 0 Å². The molecule has 0 aliphatic rings. The maximum Gasteiger partial charge on any atom is 0.253 e. The molecule has 0 aliphatic carbocycles. The molecule has 0 unspecified atom stereocenters. The van der Waals surface area contributed by atoms with Gasteiger partial charge < -0.3 is 4.90 Å². The second-order valence-corrected chi connectivity index (χ2v) is 5.17. The summed E-state index contributed by atoms with van der Waals surface area (Å²) in [7, 11) is 3.69. The predicted octanol–water partition coefficient (Wildman–Crippen LogP) is 2.85. The van der Waals surface area contributed by atoms with E-state index in [0.717, 1.165) is 16.5 Å². The van der Waals surface area contributed by atoms with E-state index in [9.17, 15) is 4.79 Å². The monoisotopic (exact) mass is 279 g/mol. The highest BCUT2D eigenvalue weighted by Crippen LogP contribution is 2.17. The molecular weight excluding hydrogens is 262 g/mol. The zero-order chi connectivity index (χ0) is 14.8. The van der Waals surface area contributed by atoms with Crippen LogP contribution in [0.1, 0.15) is 16.1 Å². The summed E-state index contributed by atoms with van der Waals surface area (Å²) in [6.07, 6.45) is 1.74. The van der Waals surface area contributed by atoms with Gasteiger partial charge in [0.1, 0.15) is 0 Å². The molecule has 1 aromatic heterocycles. The summed E-state index contributed by atoms with van der Waals surface area (Å²) in [5.41, 5.74) is 1.71. The first-order valence-corrected chi connectivity index (χ1v) is 6.86. The molecule has 0 N–H and O–H groups in total. The topological polar surface area (TPSA) is 38.1 Å². The van der Waals surface area contributed by atoms with Crippen molar-refractivity contribution in [3.8, 4) is 0 Å². The van der Waals surface area contributed by atoms with E-state index in [1.807, 2.05) is 62.6 Å². The Kier molecular flexibility index (Phi) is 3.44. The first kappa shape index (κ1) is 13.4. The molecule has 0 spiro atoms. The standard InChI is InChI=1S/C17H17N3O/c1-19(12-16-9-10-18-20(16)2)17(21)15-8-7-13-5-3-4-6-14(13)11-15/h3-11H,12H2,1-2H3. The van der Waals surface area contributed by atoms with E-state index in [2.05, 4.69) is 5.10 Å². The molecule has 0 fully saturated rings. The molecule has 3 rings (SSSR count). The second kappa shape index (κ2) is 5.40. The number of rotatable bonds is 3. The van der Waals surface area contributed by atoms with Crippen molar-refractivity contribution in [3.05, 3.63) is 66.0 Å². The van der Waals surface area contributed by atoms with E-state index < -0.39 is 0 Å². The van der Waals surface area contributed by atoms with Gasteiger partial charge in [0.05, 0.1) is 12.2 Å². The number of amides is 1. The van der Waals surface area contributed by atoms with Gasteiger partial charge in [0, 0.05) is 25.9 Å². The molecule has 0 aliphatic heterocycles. The molecule has 0 radical (unpaired) electrons. The predicted molar refractivity (Wildman–Crippen MR) is 83.0 cm³/mol. The molecule has 0 atom stereocenters. The Hall–Kier alpha value is -2.62. The second-order valence-electron chi connectivity index (χ2n) is 5.17.